The van der Waals surface area contributed by atoms with E-state index in [-0.39, 0.29) is 6.04 Å². The molecule has 1 rings (SSSR count). The first kappa shape index (κ1) is 14.5. The van der Waals surface area contributed by atoms with Crippen molar-refractivity contribution in [1.82, 2.24) is 5.32 Å². The van der Waals surface area contributed by atoms with Crippen LogP contribution < -0.4 is 11.1 Å². The highest BCUT2D eigenvalue weighted by Crippen LogP contribution is 2.22. The van der Waals surface area contributed by atoms with Gasteiger partial charge in [0.1, 0.15) is 0 Å². The Balaban J connectivity index is 2.55. The largest absolute Gasteiger partial charge is 0.330 e. The van der Waals surface area contributed by atoms with Crippen molar-refractivity contribution in [3.05, 3.63) is 34.9 Å². The van der Waals surface area contributed by atoms with Crippen LogP contribution in [0.1, 0.15) is 32.4 Å². The minimum absolute atomic E-state index is 0.261. The molecule has 1 aromatic carbocycles. The lowest BCUT2D eigenvalue weighted by atomic mass is 9.95. The topological polar surface area (TPSA) is 38.0 Å². The van der Waals surface area contributed by atoms with E-state index >= 15 is 0 Å². The van der Waals surface area contributed by atoms with Crippen molar-refractivity contribution in [2.45, 2.75) is 26.8 Å². The summed E-state index contributed by atoms with van der Waals surface area (Å²) in [5.74, 6) is 1.12. The Morgan fingerprint density at radius 3 is 2.41 bits per heavy atom. The quantitative estimate of drug-likeness (QED) is 0.818. The Morgan fingerprint density at radius 1 is 1.24 bits per heavy atom. The second-order valence-electron chi connectivity index (χ2n) is 4.89. The minimum Gasteiger partial charge on any atom is -0.330 e. The van der Waals surface area contributed by atoms with Crippen LogP contribution >= 0.6 is 11.6 Å². The predicted molar refractivity (Wildman–Crippen MR) is 75.3 cm³/mol. The fraction of sp³-hybridized carbons (Fsp3) is 0.571. The molecule has 0 radical (unpaired) electrons. The molecule has 0 bridgehead atoms. The lowest BCUT2D eigenvalue weighted by Gasteiger charge is -2.23. The standard InChI is InChI=1S/C14H23ClN2/c1-10(2)12(8-16)9-17-11(3)13-6-4-5-7-14(13)15/h4-7,10-12,17H,8-9,16H2,1-3H3/t11-,12?/m0/s1. The van der Waals surface area contributed by atoms with Gasteiger partial charge in [0.25, 0.3) is 0 Å². The third-order valence-corrected chi connectivity index (χ3v) is 3.65. The van der Waals surface area contributed by atoms with Gasteiger partial charge in [0, 0.05) is 11.1 Å². The average molecular weight is 255 g/mol. The third kappa shape index (κ3) is 4.30. The Bertz CT molecular complexity index is 339. The zero-order valence-corrected chi connectivity index (χ0v) is 11.7. The van der Waals surface area contributed by atoms with Crippen LogP contribution in [-0.2, 0) is 0 Å². The summed E-state index contributed by atoms with van der Waals surface area (Å²) in [5.41, 5.74) is 6.91. The maximum Gasteiger partial charge on any atom is 0.0453 e. The van der Waals surface area contributed by atoms with Crippen LogP contribution in [-0.4, -0.2) is 13.1 Å². The molecule has 96 valence electrons. The van der Waals surface area contributed by atoms with E-state index in [0.717, 1.165) is 23.7 Å². The summed E-state index contributed by atoms with van der Waals surface area (Å²) in [7, 11) is 0. The molecule has 0 aliphatic rings. The first-order valence-corrected chi connectivity index (χ1v) is 6.62. The maximum atomic E-state index is 6.17. The summed E-state index contributed by atoms with van der Waals surface area (Å²) in [6, 6.07) is 8.22. The van der Waals surface area contributed by atoms with Crippen molar-refractivity contribution < 1.29 is 0 Å². The second kappa shape index (κ2) is 7.00. The van der Waals surface area contributed by atoms with Gasteiger partial charge in [-0.1, -0.05) is 43.6 Å². The monoisotopic (exact) mass is 254 g/mol. The van der Waals surface area contributed by atoms with Crippen molar-refractivity contribution >= 4 is 11.6 Å². The lowest BCUT2D eigenvalue weighted by molar-refractivity contribution is 0.356. The van der Waals surface area contributed by atoms with Gasteiger partial charge in [0.15, 0.2) is 0 Å². The summed E-state index contributed by atoms with van der Waals surface area (Å²) < 4.78 is 0. The van der Waals surface area contributed by atoms with E-state index in [0.29, 0.717) is 11.8 Å². The van der Waals surface area contributed by atoms with Crippen LogP contribution in [0.25, 0.3) is 0 Å². The summed E-state index contributed by atoms with van der Waals surface area (Å²) >= 11 is 6.17. The molecular formula is C14H23ClN2. The zero-order valence-electron chi connectivity index (χ0n) is 10.9. The molecule has 0 saturated carbocycles. The Hall–Kier alpha value is -0.570. The van der Waals surface area contributed by atoms with Gasteiger partial charge in [-0.3, -0.25) is 0 Å². The van der Waals surface area contributed by atoms with Crippen molar-refractivity contribution in [1.29, 1.82) is 0 Å². The molecular weight excluding hydrogens is 232 g/mol. The molecule has 17 heavy (non-hydrogen) atoms. The molecule has 0 aliphatic carbocycles. The van der Waals surface area contributed by atoms with Gasteiger partial charge in [-0.15, -0.1) is 0 Å². The van der Waals surface area contributed by atoms with Crippen molar-refractivity contribution in [3.8, 4) is 0 Å². The zero-order chi connectivity index (χ0) is 12.8. The predicted octanol–water partition coefficient (Wildman–Crippen LogP) is 3.22. The molecule has 0 aliphatic heterocycles. The van der Waals surface area contributed by atoms with Crippen LogP contribution in [0.15, 0.2) is 24.3 Å². The second-order valence-corrected chi connectivity index (χ2v) is 5.30. The van der Waals surface area contributed by atoms with E-state index in [1.165, 1.54) is 0 Å². The molecule has 1 unspecified atom stereocenters. The van der Waals surface area contributed by atoms with Gasteiger partial charge < -0.3 is 11.1 Å². The summed E-state index contributed by atoms with van der Waals surface area (Å²) in [4.78, 5) is 0. The highest BCUT2D eigenvalue weighted by molar-refractivity contribution is 6.31. The average Bonchev–Trinajstić information content (AvgIpc) is 2.29. The molecule has 0 spiro atoms. The van der Waals surface area contributed by atoms with Crippen LogP contribution in [0.3, 0.4) is 0 Å². The molecule has 0 fully saturated rings. The normalized spacial score (nSPS) is 14.9. The van der Waals surface area contributed by atoms with Gasteiger partial charge in [0.2, 0.25) is 0 Å². The van der Waals surface area contributed by atoms with Crippen molar-refractivity contribution in [2.24, 2.45) is 17.6 Å². The number of nitrogens with two attached hydrogens (primary N) is 1. The van der Waals surface area contributed by atoms with Gasteiger partial charge >= 0.3 is 0 Å². The third-order valence-electron chi connectivity index (χ3n) is 3.30. The highest BCUT2D eigenvalue weighted by atomic mass is 35.5. The van der Waals surface area contributed by atoms with Crippen LogP contribution in [0.5, 0.6) is 0 Å². The number of hydrogen-bond donors (Lipinski definition) is 2. The van der Waals surface area contributed by atoms with E-state index < -0.39 is 0 Å². The first-order valence-electron chi connectivity index (χ1n) is 6.24. The Labute approximate surface area is 110 Å². The van der Waals surface area contributed by atoms with Gasteiger partial charge in [0.05, 0.1) is 0 Å². The van der Waals surface area contributed by atoms with E-state index in [2.05, 4.69) is 32.2 Å². The van der Waals surface area contributed by atoms with Gasteiger partial charge in [-0.05, 0) is 43.5 Å². The molecule has 2 atom stereocenters. The number of rotatable bonds is 6. The number of halogens is 1. The molecule has 2 nitrogen and oxygen atoms in total. The molecule has 0 amide bonds. The molecule has 1 aromatic rings. The SMILES string of the molecule is CC(C)C(CN)CN[C@@H](C)c1ccccc1Cl. The van der Waals surface area contributed by atoms with Gasteiger partial charge in [-0.2, -0.15) is 0 Å². The fourth-order valence-electron chi connectivity index (χ4n) is 1.86. The molecule has 3 N–H and O–H groups in total. The Kier molecular flexibility index (Phi) is 5.96. The van der Waals surface area contributed by atoms with E-state index in [4.69, 9.17) is 17.3 Å². The van der Waals surface area contributed by atoms with Crippen LogP contribution in [0, 0.1) is 11.8 Å². The van der Waals surface area contributed by atoms with Gasteiger partial charge in [-0.25, -0.2) is 0 Å². The van der Waals surface area contributed by atoms with Crippen LogP contribution in [0.4, 0.5) is 0 Å². The summed E-state index contributed by atoms with van der Waals surface area (Å²) in [6.07, 6.45) is 0. The smallest absolute Gasteiger partial charge is 0.0453 e. The Morgan fingerprint density at radius 2 is 1.88 bits per heavy atom. The van der Waals surface area contributed by atoms with E-state index in [9.17, 15) is 0 Å². The molecule has 3 heteroatoms. The number of hydrogen-bond acceptors (Lipinski definition) is 2. The molecule has 0 aromatic heterocycles. The maximum absolute atomic E-state index is 6.17. The summed E-state index contributed by atoms with van der Waals surface area (Å²) in [5, 5.41) is 4.33. The fourth-order valence-corrected chi connectivity index (χ4v) is 2.15. The molecule has 0 saturated heterocycles. The summed E-state index contributed by atoms with van der Waals surface area (Å²) in [6.45, 7) is 8.20. The van der Waals surface area contributed by atoms with Crippen LogP contribution in [0.2, 0.25) is 5.02 Å². The highest BCUT2D eigenvalue weighted by Gasteiger charge is 2.14. The molecule has 0 heterocycles. The minimum atomic E-state index is 0.261. The van der Waals surface area contributed by atoms with Crippen molar-refractivity contribution in [3.63, 3.8) is 0 Å². The lowest BCUT2D eigenvalue weighted by Crippen LogP contribution is -2.33. The van der Waals surface area contributed by atoms with E-state index in [1.54, 1.807) is 0 Å². The van der Waals surface area contributed by atoms with E-state index in [1.807, 2.05) is 18.2 Å². The first-order chi connectivity index (χ1) is 8.06. The van der Waals surface area contributed by atoms with Crippen molar-refractivity contribution in [2.75, 3.05) is 13.1 Å². The number of nitrogens with one attached hydrogen (secondary N) is 1. The number of benzene rings is 1.